The average molecular weight is 283 g/mol. The van der Waals surface area contributed by atoms with E-state index in [1.165, 1.54) is 11.1 Å². The van der Waals surface area contributed by atoms with Gasteiger partial charge in [0.1, 0.15) is 0 Å². The number of nitrogens with zero attached hydrogens (tertiary/aromatic N) is 2. The molecule has 0 fully saturated rings. The monoisotopic (exact) mass is 283 g/mol. The third-order valence-electron chi connectivity index (χ3n) is 3.33. The molecule has 1 atom stereocenters. The molecule has 21 heavy (non-hydrogen) atoms. The SMILES string of the molecule is Cc1ccccc1CC(C)NC(=O)C=Cc1cnn(C)c1. The molecule has 1 unspecified atom stereocenters. The number of amides is 1. The minimum atomic E-state index is -0.0834. The summed E-state index contributed by atoms with van der Waals surface area (Å²) in [5, 5.41) is 7.03. The summed E-state index contributed by atoms with van der Waals surface area (Å²) in [6, 6.07) is 8.34. The Hall–Kier alpha value is -2.36. The molecule has 1 heterocycles. The van der Waals surface area contributed by atoms with E-state index in [1.807, 2.05) is 32.3 Å². The lowest BCUT2D eigenvalue weighted by Crippen LogP contribution is -2.32. The summed E-state index contributed by atoms with van der Waals surface area (Å²) in [5.41, 5.74) is 3.44. The van der Waals surface area contributed by atoms with Crippen molar-refractivity contribution in [2.45, 2.75) is 26.3 Å². The number of rotatable bonds is 5. The van der Waals surface area contributed by atoms with E-state index in [1.54, 1.807) is 23.0 Å². The quantitative estimate of drug-likeness (QED) is 0.857. The van der Waals surface area contributed by atoms with E-state index >= 15 is 0 Å². The molecule has 0 aliphatic carbocycles. The van der Waals surface area contributed by atoms with Crippen molar-refractivity contribution in [2.75, 3.05) is 0 Å². The molecule has 1 aromatic carbocycles. The van der Waals surface area contributed by atoms with Crippen LogP contribution in [0.5, 0.6) is 0 Å². The van der Waals surface area contributed by atoms with Gasteiger partial charge in [-0.2, -0.15) is 5.10 Å². The summed E-state index contributed by atoms with van der Waals surface area (Å²) in [6.45, 7) is 4.11. The van der Waals surface area contributed by atoms with Crippen LogP contribution in [0.2, 0.25) is 0 Å². The Balaban J connectivity index is 1.87. The zero-order valence-electron chi connectivity index (χ0n) is 12.7. The van der Waals surface area contributed by atoms with Crippen LogP contribution in [-0.2, 0) is 18.3 Å². The summed E-state index contributed by atoms with van der Waals surface area (Å²) in [4.78, 5) is 11.9. The maximum atomic E-state index is 11.9. The Bertz CT molecular complexity index is 643. The van der Waals surface area contributed by atoms with Crippen LogP contribution >= 0.6 is 0 Å². The smallest absolute Gasteiger partial charge is 0.244 e. The van der Waals surface area contributed by atoms with Crippen molar-refractivity contribution in [1.29, 1.82) is 0 Å². The summed E-state index contributed by atoms with van der Waals surface area (Å²) >= 11 is 0. The second kappa shape index (κ2) is 6.88. The van der Waals surface area contributed by atoms with Crippen molar-refractivity contribution in [3.8, 4) is 0 Å². The molecule has 4 heteroatoms. The van der Waals surface area contributed by atoms with Gasteiger partial charge in [-0.3, -0.25) is 9.48 Å². The average Bonchev–Trinajstić information content (AvgIpc) is 2.85. The first kappa shape index (κ1) is 15.0. The molecular formula is C17H21N3O. The highest BCUT2D eigenvalue weighted by Crippen LogP contribution is 2.09. The lowest BCUT2D eigenvalue weighted by atomic mass is 10.0. The first-order valence-electron chi connectivity index (χ1n) is 7.06. The molecule has 1 amide bonds. The lowest BCUT2D eigenvalue weighted by Gasteiger charge is -2.14. The van der Waals surface area contributed by atoms with E-state index in [0.717, 1.165) is 12.0 Å². The summed E-state index contributed by atoms with van der Waals surface area (Å²) in [7, 11) is 1.85. The van der Waals surface area contributed by atoms with Crippen molar-refractivity contribution in [1.82, 2.24) is 15.1 Å². The van der Waals surface area contributed by atoms with E-state index in [4.69, 9.17) is 0 Å². The molecule has 0 aliphatic heterocycles. The van der Waals surface area contributed by atoms with Gasteiger partial charge in [-0.05, 0) is 37.5 Å². The molecule has 2 rings (SSSR count). The molecule has 0 saturated carbocycles. The first-order valence-corrected chi connectivity index (χ1v) is 7.06. The number of nitrogens with one attached hydrogen (secondary N) is 1. The van der Waals surface area contributed by atoms with Gasteiger partial charge < -0.3 is 5.32 Å². The Morgan fingerprint density at radius 3 is 2.86 bits per heavy atom. The summed E-state index contributed by atoms with van der Waals surface area (Å²) in [6.07, 6.45) is 7.73. The van der Waals surface area contributed by atoms with Crippen molar-refractivity contribution >= 4 is 12.0 Å². The molecule has 0 saturated heterocycles. The molecule has 0 bridgehead atoms. The topological polar surface area (TPSA) is 46.9 Å². The standard InChI is InChI=1S/C17H21N3O/c1-13-6-4-5-7-16(13)10-14(2)19-17(21)9-8-15-11-18-20(3)12-15/h4-9,11-12,14H,10H2,1-3H3,(H,19,21). The largest absolute Gasteiger partial charge is 0.350 e. The van der Waals surface area contributed by atoms with Crippen LogP contribution in [0.25, 0.3) is 6.08 Å². The van der Waals surface area contributed by atoms with Crippen LogP contribution in [0, 0.1) is 6.92 Å². The second-order valence-corrected chi connectivity index (χ2v) is 5.32. The first-order chi connectivity index (χ1) is 10.0. The van der Waals surface area contributed by atoms with Gasteiger partial charge in [0, 0.05) is 30.9 Å². The van der Waals surface area contributed by atoms with Crippen molar-refractivity contribution in [3.05, 3.63) is 59.4 Å². The Morgan fingerprint density at radius 2 is 2.19 bits per heavy atom. The third-order valence-corrected chi connectivity index (χ3v) is 3.33. The van der Waals surface area contributed by atoms with Crippen LogP contribution in [0.3, 0.4) is 0 Å². The summed E-state index contributed by atoms with van der Waals surface area (Å²) < 4.78 is 1.71. The van der Waals surface area contributed by atoms with Crippen LogP contribution in [0.1, 0.15) is 23.6 Å². The number of carbonyl (C=O) groups excluding carboxylic acids is 1. The van der Waals surface area contributed by atoms with Crippen LogP contribution in [0.15, 0.2) is 42.7 Å². The zero-order valence-corrected chi connectivity index (χ0v) is 12.7. The number of carbonyl (C=O) groups is 1. The number of aryl methyl sites for hydroxylation is 2. The van der Waals surface area contributed by atoms with Crippen LogP contribution < -0.4 is 5.32 Å². The third kappa shape index (κ3) is 4.60. The molecule has 0 radical (unpaired) electrons. The maximum absolute atomic E-state index is 11.9. The van der Waals surface area contributed by atoms with Crippen molar-refractivity contribution in [2.24, 2.45) is 7.05 Å². The minimum absolute atomic E-state index is 0.0834. The van der Waals surface area contributed by atoms with E-state index in [0.29, 0.717) is 0 Å². The van der Waals surface area contributed by atoms with E-state index in [-0.39, 0.29) is 11.9 Å². The normalized spacial score (nSPS) is 12.5. The maximum Gasteiger partial charge on any atom is 0.244 e. The van der Waals surface area contributed by atoms with Gasteiger partial charge in [0.05, 0.1) is 6.20 Å². The van der Waals surface area contributed by atoms with Gasteiger partial charge in [-0.1, -0.05) is 24.3 Å². The van der Waals surface area contributed by atoms with Gasteiger partial charge in [0.25, 0.3) is 0 Å². The van der Waals surface area contributed by atoms with Gasteiger partial charge in [-0.15, -0.1) is 0 Å². The number of hydrogen-bond donors (Lipinski definition) is 1. The van der Waals surface area contributed by atoms with Gasteiger partial charge in [0.15, 0.2) is 0 Å². The number of aromatic nitrogens is 2. The van der Waals surface area contributed by atoms with Crippen molar-refractivity contribution in [3.63, 3.8) is 0 Å². The van der Waals surface area contributed by atoms with Crippen LogP contribution in [-0.4, -0.2) is 21.7 Å². The molecule has 110 valence electrons. The van der Waals surface area contributed by atoms with Gasteiger partial charge in [-0.25, -0.2) is 0 Å². The molecule has 0 spiro atoms. The van der Waals surface area contributed by atoms with Gasteiger partial charge >= 0.3 is 0 Å². The fourth-order valence-corrected chi connectivity index (χ4v) is 2.21. The minimum Gasteiger partial charge on any atom is -0.350 e. The predicted molar refractivity (Wildman–Crippen MR) is 84.7 cm³/mol. The molecular weight excluding hydrogens is 262 g/mol. The van der Waals surface area contributed by atoms with Crippen molar-refractivity contribution < 1.29 is 4.79 Å². The predicted octanol–water partition coefficient (Wildman–Crippen LogP) is 2.49. The second-order valence-electron chi connectivity index (χ2n) is 5.32. The lowest BCUT2D eigenvalue weighted by molar-refractivity contribution is -0.117. The highest BCUT2D eigenvalue weighted by Gasteiger charge is 2.07. The number of hydrogen-bond acceptors (Lipinski definition) is 2. The Morgan fingerprint density at radius 1 is 1.43 bits per heavy atom. The van der Waals surface area contributed by atoms with E-state index in [9.17, 15) is 4.79 Å². The Labute approximate surface area is 125 Å². The fourth-order valence-electron chi connectivity index (χ4n) is 2.21. The molecule has 1 aromatic heterocycles. The summed E-state index contributed by atoms with van der Waals surface area (Å²) in [5.74, 6) is -0.0834. The fraction of sp³-hybridized carbons (Fsp3) is 0.294. The highest BCUT2D eigenvalue weighted by atomic mass is 16.1. The molecule has 4 nitrogen and oxygen atoms in total. The molecule has 1 N–H and O–H groups in total. The molecule has 2 aromatic rings. The molecule has 0 aliphatic rings. The van der Waals surface area contributed by atoms with Crippen LogP contribution in [0.4, 0.5) is 0 Å². The number of benzene rings is 1. The Kier molecular flexibility index (Phi) is 4.93. The van der Waals surface area contributed by atoms with E-state index in [2.05, 4.69) is 29.5 Å². The highest BCUT2D eigenvalue weighted by molar-refractivity contribution is 5.91. The van der Waals surface area contributed by atoms with Gasteiger partial charge in [0.2, 0.25) is 5.91 Å². The van der Waals surface area contributed by atoms with E-state index < -0.39 is 0 Å². The zero-order chi connectivity index (χ0) is 15.2.